The number of anilines is 1. The summed E-state index contributed by atoms with van der Waals surface area (Å²) in [7, 11) is 0. The molecule has 0 fully saturated rings. The fourth-order valence-electron chi connectivity index (χ4n) is 2.01. The molecule has 2 aromatic heterocycles. The van der Waals surface area contributed by atoms with Gasteiger partial charge >= 0.3 is 0 Å². The molecule has 1 aliphatic rings. The number of pyridine rings is 1. The van der Waals surface area contributed by atoms with Crippen molar-refractivity contribution in [3.05, 3.63) is 47.4 Å². The number of aromatic nitrogens is 3. The first kappa shape index (κ1) is 10.5. The molecule has 0 saturated carbocycles. The predicted molar refractivity (Wildman–Crippen MR) is 67.8 cm³/mol. The monoisotopic (exact) mass is 237 g/mol. The maximum Gasteiger partial charge on any atom is 0.148 e. The molecular formula is C13H11N5. The Kier molecular flexibility index (Phi) is 2.34. The molecule has 0 saturated heterocycles. The lowest BCUT2D eigenvalue weighted by Crippen LogP contribution is -2.16. The summed E-state index contributed by atoms with van der Waals surface area (Å²) in [5.41, 5.74) is 3.29. The van der Waals surface area contributed by atoms with Crippen LogP contribution in [0.3, 0.4) is 0 Å². The lowest BCUT2D eigenvalue weighted by atomic mass is 10.2. The summed E-state index contributed by atoms with van der Waals surface area (Å²) in [5.74, 6) is 0.735. The molecule has 2 aromatic rings. The summed E-state index contributed by atoms with van der Waals surface area (Å²) < 4.78 is 1.73. The topological polar surface area (TPSA) is 66.5 Å². The van der Waals surface area contributed by atoms with E-state index in [1.807, 2.05) is 31.2 Å². The second-order valence-electron chi connectivity index (χ2n) is 4.06. The molecule has 0 bridgehead atoms. The van der Waals surface area contributed by atoms with E-state index in [4.69, 9.17) is 5.26 Å². The highest BCUT2D eigenvalue weighted by molar-refractivity contribution is 5.72. The lowest BCUT2D eigenvalue weighted by molar-refractivity contribution is 0.876. The van der Waals surface area contributed by atoms with E-state index in [0.29, 0.717) is 12.1 Å². The minimum atomic E-state index is 0.549. The minimum Gasteiger partial charge on any atom is -0.365 e. The van der Waals surface area contributed by atoms with Crippen LogP contribution < -0.4 is 5.32 Å². The fourth-order valence-corrected chi connectivity index (χ4v) is 2.01. The van der Waals surface area contributed by atoms with E-state index >= 15 is 0 Å². The first-order chi connectivity index (χ1) is 8.79. The average molecular weight is 237 g/mol. The van der Waals surface area contributed by atoms with Crippen LogP contribution in [0, 0.1) is 18.3 Å². The van der Waals surface area contributed by atoms with Gasteiger partial charge in [0, 0.05) is 12.2 Å². The van der Waals surface area contributed by atoms with Gasteiger partial charge in [-0.25, -0.2) is 4.68 Å². The number of fused-ring (bicyclic) bond motifs is 1. The number of aryl methyl sites for hydroxylation is 1. The van der Waals surface area contributed by atoms with Gasteiger partial charge in [-0.3, -0.25) is 4.98 Å². The summed E-state index contributed by atoms with van der Waals surface area (Å²) in [5, 5.41) is 16.4. The zero-order valence-electron chi connectivity index (χ0n) is 9.88. The molecule has 1 aliphatic heterocycles. The van der Waals surface area contributed by atoms with Crippen molar-refractivity contribution in [2.45, 2.75) is 6.92 Å². The Morgan fingerprint density at radius 3 is 3.11 bits per heavy atom. The van der Waals surface area contributed by atoms with E-state index in [0.717, 1.165) is 22.9 Å². The van der Waals surface area contributed by atoms with Crippen molar-refractivity contribution in [3.8, 4) is 6.07 Å². The van der Waals surface area contributed by atoms with E-state index in [9.17, 15) is 0 Å². The molecule has 0 aromatic carbocycles. The Morgan fingerprint density at radius 2 is 2.33 bits per heavy atom. The van der Waals surface area contributed by atoms with Gasteiger partial charge in [0.05, 0.1) is 17.6 Å². The first-order valence-corrected chi connectivity index (χ1v) is 5.66. The number of nitrogens with one attached hydrogen (secondary N) is 1. The largest absolute Gasteiger partial charge is 0.365 e. The average Bonchev–Trinajstić information content (AvgIpc) is 2.81. The van der Waals surface area contributed by atoms with Crippen molar-refractivity contribution in [2.75, 3.05) is 11.9 Å². The van der Waals surface area contributed by atoms with Crippen LogP contribution in [0.4, 0.5) is 5.82 Å². The number of hydrogen-bond acceptors (Lipinski definition) is 4. The normalized spacial score (nSPS) is 13.2. The highest BCUT2D eigenvalue weighted by Gasteiger charge is 2.18. The van der Waals surface area contributed by atoms with Crippen molar-refractivity contribution in [1.82, 2.24) is 14.8 Å². The van der Waals surface area contributed by atoms with Gasteiger partial charge in [0.25, 0.3) is 0 Å². The van der Waals surface area contributed by atoms with Gasteiger partial charge in [-0.1, -0.05) is 6.07 Å². The van der Waals surface area contributed by atoms with E-state index < -0.39 is 0 Å². The van der Waals surface area contributed by atoms with Crippen LogP contribution in [-0.4, -0.2) is 21.3 Å². The molecule has 88 valence electrons. The fraction of sp³-hybridized carbons (Fsp3) is 0.154. The van der Waals surface area contributed by atoms with Gasteiger partial charge in [0.15, 0.2) is 0 Å². The third-order valence-corrected chi connectivity index (χ3v) is 2.83. The van der Waals surface area contributed by atoms with E-state index in [1.54, 1.807) is 10.9 Å². The van der Waals surface area contributed by atoms with Crippen molar-refractivity contribution in [3.63, 3.8) is 0 Å². The summed E-state index contributed by atoms with van der Waals surface area (Å²) >= 11 is 0. The number of nitriles is 1. The SMILES string of the molecule is Cc1cccc(C2=CCNc3c(C#N)cnn32)n1. The molecule has 5 heteroatoms. The number of rotatable bonds is 1. The lowest BCUT2D eigenvalue weighted by Gasteiger charge is -2.17. The van der Waals surface area contributed by atoms with Crippen molar-refractivity contribution >= 4 is 11.5 Å². The second kappa shape index (κ2) is 4.00. The van der Waals surface area contributed by atoms with Crippen molar-refractivity contribution < 1.29 is 0 Å². The number of hydrogen-bond donors (Lipinski definition) is 1. The van der Waals surface area contributed by atoms with Crippen LogP contribution in [0.25, 0.3) is 5.70 Å². The molecule has 0 aliphatic carbocycles. The third-order valence-electron chi connectivity index (χ3n) is 2.83. The van der Waals surface area contributed by atoms with Gasteiger partial charge in [-0.05, 0) is 25.1 Å². The van der Waals surface area contributed by atoms with Crippen LogP contribution in [0.15, 0.2) is 30.5 Å². The van der Waals surface area contributed by atoms with Gasteiger partial charge < -0.3 is 5.32 Å². The predicted octanol–water partition coefficient (Wildman–Crippen LogP) is 1.77. The van der Waals surface area contributed by atoms with Crippen LogP contribution in [0.1, 0.15) is 17.0 Å². The molecule has 18 heavy (non-hydrogen) atoms. The van der Waals surface area contributed by atoms with Gasteiger partial charge in [0.2, 0.25) is 0 Å². The first-order valence-electron chi connectivity index (χ1n) is 5.66. The molecule has 0 radical (unpaired) electrons. The van der Waals surface area contributed by atoms with E-state index in [-0.39, 0.29) is 0 Å². The summed E-state index contributed by atoms with van der Waals surface area (Å²) in [6.45, 7) is 2.63. The molecule has 0 spiro atoms. The Bertz CT molecular complexity index is 675. The quantitative estimate of drug-likeness (QED) is 0.820. The van der Waals surface area contributed by atoms with Crippen LogP contribution in [0.2, 0.25) is 0 Å². The maximum atomic E-state index is 9.01. The molecule has 3 heterocycles. The summed E-state index contributed by atoms with van der Waals surface area (Å²) in [6, 6.07) is 7.99. The smallest absolute Gasteiger partial charge is 0.148 e. The Hall–Kier alpha value is -2.61. The van der Waals surface area contributed by atoms with Crippen molar-refractivity contribution in [2.24, 2.45) is 0 Å². The van der Waals surface area contributed by atoms with Crippen LogP contribution in [0.5, 0.6) is 0 Å². The zero-order valence-corrected chi connectivity index (χ0v) is 9.88. The second-order valence-corrected chi connectivity index (χ2v) is 4.06. The molecule has 5 nitrogen and oxygen atoms in total. The summed E-state index contributed by atoms with van der Waals surface area (Å²) in [4.78, 5) is 4.49. The third kappa shape index (κ3) is 1.55. The van der Waals surface area contributed by atoms with Crippen molar-refractivity contribution in [1.29, 1.82) is 5.26 Å². The zero-order chi connectivity index (χ0) is 12.5. The number of nitrogens with zero attached hydrogens (tertiary/aromatic N) is 4. The molecular weight excluding hydrogens is 226 g/mol. The standard InChI is InChI=1S/C13H11N5/c1-9-3-2-4-11(17-9)12-5-6-15-13-10(7-14)8-16-18(12)13/h2-5,8,15H,6H2,1H3. The Morgan fingerprint density at radius 1 is 1.44 bits per heavy atom. The molecule has 0 amide bonds. The minimum absolute atomic E-state index is 0.549. The van der Waals surface area contributed by atoms with E-state index in [2.05, 4.69) is 21.5 Å². The van der Waals surface area contributed by atoms with Crippen LogP contribution in [-0.2, 0) is 0 Å². The summed E-state index contributed by atoms with van der Waals surface area (Å²) in [6.07, 6.45) is 3.58. The maximum absolute atomic E-state index is 9.01. The van der Waals surface area contributed by atoms with Gasteiger partial charge in [-0.2, -0.15) is 10.4 Å². The molecule has 0 atom stereocenters. The van der Waals surface area contributed by atoms with E-state index in [1.165, 1.54) is 0 Å². The highest BCUT2D eigenvalue weighted by Crippen LogP contribution is 2.25. The van der Waals surface area contributed by atoms with Crippen LogP contribution >= 0.6 is 0 Å². The molecule has 0 unspecified atom stereocenters. The van der Waals surface area contributed by atoms with Gasteiger partial charge in [-0.15, -0.1) is 0 Å². The molecule has 1 N–H and O–H groups in total. The Balaban J connectivity index is 2.13. The molecule has 3 rings (SSSR count). The highest BCUT2D eigenvalue weighted by atomic mass is 15.3. The Labute approximate surface area is 104 Å². The van der Waals surface area contributed by atoms with Gasteiger partial charge in [0.1, 0.15) is 17.5 Å².